The molecule has 2 aromatic rings. The molecule has 2 fully saturated rings. The Morgan fingerprint density at radius 1 is 0.844 bits per heavy atom. The van der Waals surface area contributed by atoms with Gasteiger partial charge in [-0.25, -0.2) is 16.8 Å². The van der Waals surface area contributed by atoms with Gasteiger partial charge < -0.3 is 4.90 Å². The van der Waals surface area contributed by atoms with Crippen LogP contribution in [0.2, 0.25) is 0 Å². The fourth-order valence-electron chi connectivity index (χ4n) is 5.04. The van der Waals surface area contributed by atoms with E-state index >= 15 is 0 Å². The van der Waals surface area contributed by atoms with Gasteiger partial charge in [0.2, 0.25) is 10.0 Å². The minimum Gasteiger partial charge on any atom is -0.371 e. The molecule has 32 heavy (non-hydrogen) atoms. The number of rotatable bonds is 6. The van der Waals surface area contributed by atoms with Crippen LogP contribution in [0.15, 0.2) is 58.3 Å². The molecule has 0 radical (unpaired) electrons. The van der Waals surface area contributed by atoms with Crippen LogP contribution in [0.5, 0.6) is 0 Å². The van der Waals surface area contributed by atoms with Crippen LogP contribution in [-0.2, 0) is 26.3 Å². The van der Waals surface area contributed by atoms with Crippen LogP contribution in [0.25, 0.3) is 0 Å². The zero-order valence-electron chi connectivity index (χ0n) is 18.8. The molecule has 174 valence electrons. The maximum absolute atomic E-state index is 13.3. The fourth-order valence-corrected chi connectivity index (χ4v) is 8.08. The van der Waals surface area contributed by atoms with Crippen molar-refractivity contribution in [3.05, 3.63) is 54.1 Å². The second-order valence-corrected chi connectivity index (χ2v) is 13.1. The number of piperidine rings is 1. The second-order valence-electron chi connectivity index (χ2n) is 9.21. The summed E-state index contributed by atoms with van der Waals surface area (Å²) in [4.78, 5) is 2.18. The molecule has 8 heteroatoms. The molecule has 2 aliphatic rings. The van der Waals surface area contributed by atoms with Gasteiger partial charge >= 0.3 is 0 Å². The normalized spacial score (nSPS) is 19.5. The zero-order valence-corrected chi connectivity index (χ0v) is 20.5. The van der Waals surface area contributed by atoms with Gasteiger partial charge in [-0.15, -0.1) is 0 Å². The third kappa shape index (κ3) is 4.58. The van der Waals surface area contributed by atoms with Crippen LogP contribution in [0.3, 0.4) is 0 Å². The lowest BCUT2D eigenvalue weighted by Crippen LogP contribution is -2.44. The Bertz CT molecular complexity index is 1170. The monoisotopic (exact) mass is 476 g/mol. The summed E-state index contributed by atoms with van der Waals surface area (Å²) in [5.41, 5.74) is 2.71. The summed E-state index contributed by atoms with van der Waals surface area (Å²) in [5.74, 6) is 0. The number of anilines is 1. The lowest BCUT2D eigenvalue weighted by atomic mass is 9.78. The number of hydrogen-bond donors (Lipinski definition) is 0. The average molecular weight is 477 g/mol. The van der Waals surface area contributed by atoms with E-state index in [9.17, 15) is 16.8 Å². The van der Waals surface area contributed by atoms with E-state index in [1.807, 2.05) is 0 Å². The average Bonchev–Trinajstić information content (AvgIpc) is 3.17. The van der Waals surface area contributed by atoms with E-state index in [4.69, 9.17) is 0 Å². The van der Waals surface area contributed by atoms with Crippen molar-refractivity contribution >= 4 is 25.5 Å². The maximum atomic E-state index is 13.3. The number of benzene rings is 2. The maximum Gasteiger partial charge on any atom is 0.244 e. The van der Waals surface area contributed by atoms with Crippen molar-refractivity contribution in [2.75, 3.05) is 37.3 Å². The molecule has 4 rings (SSSR count). The Labute approximate surface area is 192 Å². The Hall–Kier alpha value is -1.90. The molecule has 0 saturated carbocycles. The lowest BCUT2D eigenvalue weighted by molar-refractivity contribution is 0.177. The summed E-state index contributed by atoms with van der Waals surface area (Å²) in [6.45, 7) is 4.95. The molecule has 2 heterocycles. The smallest absolute Gasteiger partial charge is 0.244 e. The van der Waals surface area contributed by atoms with E-state index in [1.165, 1.54) is 27.7 Å². The number of aryl methyl sites for hydroxylation is 1. The molecule has 0 bridgehead atoms. The molecule has 2 aromatic carbocycles. The van der Waals surface area contributed by atoms with Crippen molar-refractivity contribution in [2.24, 2.45) is 5.41 Å². The first-order chi connectivity index (χ1) is 15.1. The van der Waals surface area contributed by atoms with Gasteiger partial charge in [0.15, 0.2) is 9.84 Å². The summed E-state index contributed by atoms with van der Waals surface area (Å²) in [7, 11) is -7.49. The zero-order chi connectivity index (χ0) is 23.0. The number of sulfone groups is 1. The van der Waals surface area contributed by atoms with Gasteiger partial charge in [-0.2, -0.15) is 4.31 Å². The second kappa shape index (κ2) is 8.80. The Balaban J connectivity index is 1.45. The largest absolute Gasteiger partial charge is 0.371 e. The number of hydrogen-bond acceptors (Lipinski definition) is 5. The molecule has 0 atom stereocenters. The van der Waals surface area contributed by atoms with Gasteiger partial charge in [-0.05, 0) is 60.9 Å². The van der Waals surface area contributed by atoms with Crippen LogP contribution in [0, 0.1) is 5.41 Å². The highest BCUT2D eigenvalue weighted by Crippen LogP contribution is 2.43. The predicted octanol–water partition coefficient (Wildman–Crippen LogP) is 3.72. The molecule has 2 aliphatic heterocycles. The van der Waals surface area contributed by atoms with Gasteiger partial charge in [-0.3, -0.25) is 0 Å². The molecule has 0 amide bonds. The van der Waals surface area contributed by atoms with Gasteiger partial charge in [0.05, 0.1) is 4.90 Å². The Morgan fingerprint density at radius 3 is 2.03 bits per heavy atom. The van der Waals surface area contributed by atoms with Crippen LogP contribution >= 0.6 is 0 Å². The fraction of sp³-hybridized carbons (Fsp3) is 0.500. The third-order valence-electron chi connectivity index (χ3n) is 6.93. The summed E-state index contributed by atoms with van der Waals surface area (Å²) in [5, 5.41) is 0. The molecule has 0 unspecified atom stereocenters. The van der Waals surface area contributed by atoms with Gasteiger partial charge in [0.1, 0.15) is 4.90 Å². The molecule has 6 nitrogen and oxygen atoms in total. The molecule has 1 spiro atoms. The SMILES string of the molecule is CCCc1ccc(N2CCC3(CCN(S(=O)(=O)c4ccccc4S(C)(=O)=O)CC3)C2)cc1. The highest BCUT2D eigenvalue weighted by molar-refractivity contribution is 7.93. The number of nitrogens with zero attached hydrogens (tertiary/aromatic N) is 2. The van der Waals surface area contributed by atoms with Crippen molar-refractivity contribution in [1.29, 1.82) is 0 Å². The van der Waals surface area contributed by atoms with Gasteiger partial charge in [0.25, 0.3) is 0 Å². The molecular weight excluding hydrogens is 444 g/mol. The van der Waals surface area contributed by atoms with Crippen molar-refractivity contribution in [2.45, 2.75) is 48.8 Å². The lowest BCUT2D eigenvalue weighted by Gasteiger charge is -2.38. The minimum absolute atomic E-state index is 0.112. The van der Waals surface area contributed by atoms with Crippen LogP contribution < -0.4 is 4.90 Å². The Kier molecular flexibility index (Phi) is 6.40. The highest BCUT2D eigenvalue weighted by atomic mass is 32.2. The minimum atomic E-state index is -3.86. The highest BCUT2D eigenvalue weighted by Gasteiger charge is 2.43. The van der Waals surface area contributed by atoms with Crippen molar-refractivity contribution < 1.29 is 16.8 Å². The van der Waals surface area contributed by atoms with Crippen molar-refractivity contribution in [3.8, 4) is 0 Å². The summed E-state index contributed by atoms with van der Waals surface area (Å²) in [6.07, 6.45) is 5.92. The molecule has 0 aromatic heterocycles. The molecule has 0 N–H and O–H groups in total. The van der Waals surface area contributed by atoms with Crippen LogP contribution in [0.4, 0.5) is 5.69 Å². The molecular formula is C24H32N2O4S2. The van der Waals surface area contributed by atoms with Crippen LogP contribution in [-0.4, -0.2) is 53.6 Å². The topological polar surface area (TPSA) is 74.8 Å². The van der Waals surface area contributed by atoms with E-state index in [2.05, 4.69) is 36.1 Å². The van der Waals surface area contributed by atoms with E-state index < -0.39 is 19.9 Å². The first-order valence-electron chi connectivity index (χ1n) is 11.3. The third-order valence-corrected chi connectivity index (χ3v) is 10.2. The van der Waals surface area contributed by atoms with E-state index in [1.54, 1.807) is 12.1 Å². The summed E-state index contributed by atoms with van der Waals surface area (Å²) >= 11 is 0. The van der Waals surface area contributed by atoms with Gasteiger partial charge in [-0.1, -0.05) is 37.6 Å². The summed E-state index contributed by atoms with van der Waals surface area (Å²) in [6, 6.07) is 14.7. The molecule has 2 saturated heterocycles. The van der Waals surface area contributed by atoms with E-state index in [0.29, 0.717) is 13.1 Å². The Morgan fingerprint density at radius 2 is 1.44 bits per heavy atom. The van der Waals surface area contributed by atoms with E-state index in [-0.39, 0.29) is 15.2 Å². The first-order valence-corrected chi connectivity index (χ1v) is 14.6. The predicted molar refractivity (Wildman–Crippen MR) is 127 cm³/mol. The quantitative estimate of drug-likeness (QED) is 0.635. The molecule has 0 aliphatic carbocycles. The van der Waals surface area contributed by atoms with Crippen molar-refractivity contribution in [3.63, 3.8) is 0 Å². The standard InChI is InChI=1S/C24H32N2O4S2/c1-3-6-20-9-11-21(12-10-20)25-16-13-24(19-25)14-17-26(18-15-24)32(29,30)23-8-5-4-7-22(23)31(2,27)28/h4-5,7-12H,3,6,13-19H2,1-2H3. The summed E-state index contributed by atoms with van der Waals surface area (Å²) < 4.78 is 52.3. The van der Waals surface area contributed by atoms with Crippen molar-refractivity contribution in [1.82, 2.24) is 4.31 Å². The van der Waals surface area contributed by atoms with E-state index in [0.717, 1.165) is 51.4 Å². The number of sulfonamides is 1. The van der Waals surface area contributed by atoms with Crippen LogP contribution in [0.1, 0.15) is 38.2 Å². The van der Waals surface area contributed by atoms with Gasteiger partial charge in [0, 0.05) is 38.1 Å². The first kappa shape index (κ1) is 23.3.